The fraction of sp³-hybridized carbons (Fsp3) is 0.348. The summed E-state index contributed by atoms with van der Waals surface area (Å²) in [6.45, 7) is 1.59. The van der Waals surface area contributed by atoms with E-state index >= 15 is 0 Å². The first kappa shape index (κ1) is 25.3. The van der Waals surface area contributed by atoms with Crippen LogP contribution < -0.4 is 29.6 Å². The Hall–Kier alpha value is -3.95. The Kier molecular flexibility index (Phi) is 9.81. The number of benzene rings is 2. The van der Waals surface area contributed by atoms with Crippen LogP contribution in [0.2, 0.25) is 0 Å². The van der Waals surface area contributed by atoms with E-state index in [1.165, 1.54) is 33.5 Å². The minimum Gasteiger partial charge on any atom is -0.493 e. The third-order valence-electron chi connectivity index (χ3n) is 4.37. The molecule has 0 heterocycles. The van der Waals surface area contributed by atoms with Gasteiger partial charge >= 0.3 is 5.97 Å². The SMILES string of the molecule is COc1cc(C(=O)NCC(=O)OCC(=O)NCCOc2cccc(C)c2)cc(OC)c1OC. The third kappa shape index (κ3) is 7.91. The van der Waals surface area contributed by atoms with Gasteiger partial charge in [0.25, 0.3) is 11.8 Å². The number of carbonyl (C=O) groups is 3. The highest BCUT2D eigenvalue weighted by atomic mass is 16.5. The predicted molar refractivity (Wildman–Crippen MR) is 119 cm³/mol. The van der Waals surface area contributed by atoms with Crippen molar-refractivity contribution >= 4 is 17.8 Å². The number of nitrogens with one attached hydrogen (secondary N) is 2. The van der Waals surface area contributed by atoms with E-state index in [0.29, 0.717) is 23.0 Å². The van der Waals surface area contributed by atoms with Gasteiger partial charge in [0.05, 0.1) is 27.9 Å². The highest BCUT2D eigenvalue weighted by Crippen LogP contribution is 2.38. The van der Waals surface area contributed by atoms with Crippen LogP contribution in [0.5, 0.6) is 23.0 Å². The fourth-order valence-corrected chi connectivity index (χ4v) is 2.78. The van der Waals surface area contributed by atoms with Crippen LogP contribution in [-0.4, -0.2) is 65.4 Å². The molecule has 2 rings (SSSR count). The van der Waals surface area contributed by atoms with Gasteiger partial charge in [-0.3, -0.25) is 14.4 Å². The average Bonchev–Trinajstić information content (AvgIpc) is 2.82. The van der Waals surface area contributed by atoms with E-state index in [1.54, 1.807) is 0 Å². The lowest BCUT2D eigenvalue weighted by Gasteiger charge is -2.14. The van der Waals surface area contributed by atoms with Crippen molar-refractivity contribution in [3.8, 4) is 23.0 Å². The number of rotatable bonds is 12. The third-order valence-corrected chi connectivity index (χ3v) is 4.37. The molecule has 178 valence electrons. The quantitative estimate of drug-likeness (QED) is 0.361. The summed E-state index contributed by atoms with van der Waals surface area (Å²) in [4.78, 5) is 36.0. The monoisotopic (exact) mass is 460 g/mol. The molecule has 0 unspecified atom stereocenters. The summed E-state index contributed by atoms with van der Waals surface area (Å²) in [5.74, 6) is -0.150. The first-order chi connectivity index (χ1) is 15.9. The number of amides is 2. The van der Waals surface area contributed by atoms with Crippen LogP contribution >= 0.6 is 0 Å². The lowest BCUT2D eigenvalue weighted by molar-refractivity contribution is -0.147. The smallest absolute Gasteiger partial charge is 0.325 e. The zero-order valence-corrected chi connectivity index (χ0v) is 19.1. The summed E-state index contributed by atoms with van der Waals surface area (Å²) in [6.07, 6.45) is 0. The first-order valence-electron chi connectivity index (χ1n) is 10.1. The summed E-state index contributed by atoms with van der Waals surface area (Å²) in [6, 6.07) is 10.4. The van der Waals surface area contributed by atoms with E-state index in [4.69, 9.17) is 23.7 Å². The molecular formula is C23H28N2O8. The van der Waals surface area contributed by atoms with Crippen LogP contribution in [0.3, 0.4) is 0 Å². The molecule has 10 heteroatoms. The highest BCUT2D eigenvalue weighted by Gasteiger charge is 2.18. The van der Waals surface area contributed by atoms with Crippen molar-refractivity contribution in [2.24, 2.45) is 0 Å². The van der Waals surface area contributed by atoms with Gasteiger partial charge in [0.15, 0.2) is 18.1 Å². The van der Waals surface area contributed by atoms with Gasteiger partial charge in [0.2, 0.25) is 5.75 Å². The minimum atomic E-state index is -0.762. The predicted octanol–water partition coefficient (Wildman–Crippen LogP) is 1.49. The van der Waals surface area contributed by atoms with E-state index in [-0.39, 0.29) is 18.7 Å². The molecule has 0 spiro atoms. The van der Waals surface area contributed by atoms with Gasteiger partial charge in [-0.15, -0.1) is 0 Å². The highest BCUT2D eigenvalue weighted by molar-refractivity contribution is 5.97. The summed E-state index contributed by atoms with van der Waals surface area (Å²) >= 11 is 0. The number of aryl methyl sites for hydroxylation is 1. The number of carbonyl (C=O) groups excluding carboxylic acids is 3. The van der Waals surface area contributed by atoms with E-state index < -0.39 is 30.9 Å². The normalized spacial score (nSPS) is 10.1. The molecule has 33 heavy (non-hydrogen) atoms. The molecule has 2 aromatic carbocycles. The maximum atomic E-state index is 12.4. The van der Waals surface area contributed by atoms with Crippen molar-refractivity contribution in [1.29, 1.82) is 0 Å². The van der Waals surface area contributed by atoms with Gasteiger partial charge < -0.3 is 34.3 Å². The van der Waals surface area contributed by atoms with Crippen LogP contribution in [-0.2, 0) is 14.3 Å². The van der Waals surface area contributed by atoms with Gasteiger partial charge in [-0.1, -0.05) is 12.1 Å². The van der Waals surface area contributed by atoms with E-state index in [1.807, 2.05) is 31.2 Å². The van der Waals surface area contributed by atoms with E-state index in [0.717, 1.165) is 5.56 Å². The number of ether oxygens (including phenoxy) is 5. The van der Waals surface area contributed by atoms with E-state index in [2.05, 4.69) is 10.6 Å². The summed E-state index contributed by atoms with van der Waals surface area (Å²) in [5.41, 5.74) is 1.27. The maximum absolute atomic E-state index is 12.4. The summed E-state index contributed by atoms with van der Waals surface area (Å²) in [5, 5.41) is 5.00. The van der Waals surface area contributed by atoms with Gasteiger partial charge in [0.1, 0.15) is 18.9 Å². The molecule has 0 aliphatic rings. The average molecular weight is 460 g/mol. The van der Waals surface area contributed by atoms with Crippen LogP contribution in [0.15, 0.2) is 36.4 Å². The molecule has 2 N–H and O–H groups in total. The van der Waals surface area contributed by atoms with Crippen molar-refractivity contribution in [3.05, 3.63) is 47.5 Å². The molecule has 0 fully saturated rings. The van der Waals surface area contributed by atoms with Gasteiger partial charge in [0, 0.05) is 5.56 Å². The molecule has 0 aliphatic carbocycles. The van der Waals surface area contributed by atoms with Gasteiger partial charge in [-0.05, 0) is 36.8 Å². The molecule has 0 bridgehead atoms. The molecule has 0 aromatic heterocycles. The second kappa shape index (κ2) is 12.8. The zero-order valence-electron chi connectivity index (χ0n) is 19.1. The fourth-order valence-electron chi connectivity index (χ4n) is 2.78. The van der Waals surface area contributed by atoms with Crippen LogP contribution in [0.1, 0.15) is 15.9 Å². The first-order valence-corrected chi connectivity index (χ1v) is 10.1. The van der Waals surface area contributed by atoms with Crippen molar-refractivity contribution in [2.45, 2.75) is 6.92 Å². The van der Waals surface area contributed by atoms with Crippen LogP contribution in [0, 0.1) is 6.92 Å². The summed E-state index contributed by atoms with van der Waals surface area (Å²) < 4.78 is 26.0. The topological polar surface area (TPSA) is 121 Å². The second-order valence-electron chi connectivity index (χ2n) is 6.77. The number of esters is 1. The lowest BCUT2D eigenvalue weighted by atomic mass is 10.1. The Labute approximate surface area is 192 Å². The van der Waals surface area contributed by atoms with Crippen LogP contribution in [0.4, 0.5) is 0 Å². The Bertz CT molecular complexity index is 952. The Morgan fingerprint density at radius 2 is 1.61 bits per heavy atom. The molecule has 2 aromatic rings. The summed E-state index contributed by atoms with van der Waals surface area (Å²) in [7, 11) is 4.30. The lowest BCUT2D eigenvalue weighted by Crippen LogP contribution is -2.35. The molecule has 2 amide bonds. The number of methoxy groups -OCH3 is 3. The van der Waals surface area contributed by atoms with Crippen molar-refractivity contribution in [1.82, 2.24) is 10.6 Å². The standard InChI is InChI=1S/C23H28N2O8/c1-15-6-5-7-17(10-15)32-9-8-24-20(26)14-33-21(27)13-25-23(28)16-11-18(29-2)22(31-4)19(12-16)30-3/h5-7,10-12H,8-9,13-14H2,1-4H3,(H,24,26)(H,25,28). The minimum absolute atomic E-state index is 0.198. The Morgan fingerprint density at radius 3 is 2.21 bits per heavy atom. The number of hydrogen-bond donors (Lipinski definition) is 2. The van der Waals surface area contributed by atoms with Crippen LogP contribution in [0.25, 0.3) is 0 Å². The van der Waals surface area contributed by atoms with Crippen molar-refractivity contribution < 1.29 is 38.1 Å². The molecule has 0 atom stereocenters. The molecule has 0 aliphatic heterocycles. The molecule has 10 nitrogen and oxygen atoms in total. The van der Waals surface area contributed by atoms with E-state index in [9.17, 15) is 14.4 Å². The molecular weight excluding hydrogens is 432 g/mol. The van der Waals surface area contributed by atoms with Crippen molar-refractivity contribution in [2.75, 3.05) is 47.6 Å². The maximum Gasteiger partial charge on any atom is 0.325 e. The van der Waals surface area contributed by atoms with Crippen molar-refractivity contribution in [3.63, 3.8) is 0 Å². The molecule has 0 radical (unpaired) electrons. The molecule has 0 saturated heterocycles. The Balaban J connectivity index is 1.72. The molecule has 0 saturated carbocycles. The largest absolute Gasteiger partial charge is 0.493 e. The van der Waals surface area contributed by atoms with Gasteiger partial charge in [-0.25, -0.2) is 0 Å². The zero-order chi connectivity index (χ0) is 24.2. The van der Waals surface area contributed by atoms with Gasteiger partial charge in [-0.2, -0.15) is 0 Å². The Morgan fingerprint density at radius 1 is 0.909 bits per heavy atom. The number of hydrogen-bond acceptors (Lipinski definition) is 8. The second-order valence-corrected chi connectivity index (χ2v) is 6.77.